The summed E-state index contributed by atoms with van der Waals surface area (Å²) in [6.45, 7) is 5.87. The minimum Gasteiger partial charge on any atom is -0.379 e. The van der Waals surface area contributed by atoms with Gasteiger partial charge in [-0.2, -0.15) is 5.26 Å². The molecule has 1 atom stereocenters. The smallest absolute Gasteiger partial charge is 0.128 e. The third kappa shape index (κ3) is 2.92. The van der Waals surface area contributed by atoms with Crippen molar-refractivity contribution in [2.75, 3.05) is 44.3 Å². The molecular formula is C15H20N4O. The van der Waals surface area contributed by atoms with Crippen LogP contribution in [0.4, 0.5) is 5.82 Å². The summed E-state index contributed by atoms with van der Waals surface area (Å²) >= 11 is 0. The van der Waals surface area contributed by atoms with Crippen LogP contribution in [0.1, 0.15) is 18.4 Å². The normalized spacial score (nSPS) is 24.4. The van der Waals surface area contributed by atoms with Crippen LogP contribution in [0, 0.1) is 11.3 Å². The number of rotatable bonds is 2. The summed E-state index contributed by atoms with van der Waals surface area (Å²) in [5.74, 6) is 0.988. The second kappa shape index (κ2) is 6.21. The van der Waals surface area contributed by atoms with E-state index < -0.39 is 0 Å². The summed E-state index contributed by atoms with van der Waals surface area (Å²) in [5.41, 5.74) is 0.621. The third-order valence-corrected chi connectivity index (χ3v) is 4.16. The molecule has 0 aromatic carbocycles. The Kier molecular flexibility index (Phi) is 4.14. The van der Waals surface area contributed by atoms with Crippen molar-refractivity contribution in [3.8, 4) is 6.07 Å². The van der Waals surface area contributed by atoms with E-state index in [2.05, 4.69) is 20.9 Å². The molecule has 0 N–H and O–H groups in total. The van der Waals surface area contributed by atoms with Gasteiger partial charge in [-0.05, 0) is 25.0 Å². The first-order chi connectivity index (χ1) is 9.86. The van der Waals surface area contributed by atoms with Crippen LogP contribution in [0.3, 0.4) is 0 Å². The molecule has 2 fully saturated rings. The van der Waals surface area contributed by atoms with E-state index in [1.807, 2.05) is 12.1 Å². The zero-order valence-corrected chi connectivity index (χ0v) is 11.7. The predicted octanol–water partition coefficient (Wildman–Crippen LogP) is 1.25. The van der Waals surface area contributed by atoms with E-state index in [4.69, 9.17) is 10.00 Å². The molecule has 5 heteroatoms. The first-order valence-corrected chi connectivity index (χ1v) is 7.30. The minimum absolute atomic E-state index is 0.602. The van der Waals surface area contributed by atoms with Gasteiger partial charge in [0.15, 0.2) is 0 Å². The molecule has 106 valence electrons. The third-order valence-electron chi connectivity index (χ3n) is 4.16. The number of morpholine rings is 1. The molecule has 3 heterocycles. The van der Waals surface area contributed by atoms with Crippen molar-refractivity contribution in [2.24, 2.45) is 0 Å². The van der Waals surface area contributed by atoms with Crippen molar-refractivity contribution >= 4 is 5.82 Å². The minimum atomic E-state index is 0.602. The molecule has 0 aliphatic carbocycles. The fourth-order valence-electron chi connectivity index (χ4n) is 3.04. The fraction of sp³-hybridized carbons (Fsp3) is 0.600. The Morgan fingerprint density at radius 3 is 2.80 bits per heavy atom. The maximum absolute atomic E-state index is 8.83. The Hall–Kier alpha value is -1.64. The van der Waals surface area contributed by atoms with Gasteiger partial charge in [0.25, 0.3) is 0 Å². The Morgan fingerprint density at radius 1 is 1.25 bits per heavy atom. The van der Waals surface area contributed by atoms with Crippen molar-refractivity contribution in [3.05, 3.63) is 23.9 Å². The number of pyridine rings is 1. The average Bonchev–Trinajstić information content (AvgIpc) is 2.56. The van der Waals surface area contributed by atoms with E-state index in [1.54, 1.807) is 6.20 Å². The number of piperidine rings is 1. The van der Waals surface area contributed by atoms with Crippen molar-refractivity contribution in [1.29, 1.82) is 5.26 Å². The van der Waals surface area contributed by atoms with Gasteiger partial charge < -0.3 is 9.64 Å². The van der Waals surface area contributed by atoms with Crippen LogP contribution in [0.15, 0.2) is 18.3 Å². The molecule has 20 heavy (non-hydrogen) atoms. The van der Waals surface area contributed by atoms with Gasteiger partial charge >= 0.3 is 0 Å². The topological polar surface area (TPSA) is 52.4 Å². The molecule has 2 saturated heterocycles. The number of nitrogens with zero attached hydrogens (tertiary/aromatic N) is 4. The lowest BCUT2D eigenvalue weighted by Gasteiger charge is -2.41. The highest BCUT2D eigenvalue weighted by Gasteiger charge is 2.26. The molecule has 0 spiro atoms. The molecule has 0 bridgehead atoms. The van der Waals surface area contributed by atoms with Gasteiger partial charge in [-0.25, -0.2) is 4.98 Å². The summed E-state index contributed by atoms with van der Waals surface area (Å²) in [5, 5.41) is 8.83. The van der Waals surface area contributed by atoms with Crippen LogP contribution in [-0.4, -0.2) is 55.3 Å². The van der Waals surface area contributed by atoms with E-state index >= 15 is 0 Å². The fourth-order valence-corrected chi connectivity index (χ4v) is 3.04. The second-order valence-corrected chi connectivity index (χ2v) is 5.41. The number of aromatic nitrogens is 1. The van der Waals surface area contributed by atoms with Gasteiger partial charge in [0.1, 0.15) is 11.9 Å². The summed E-state index contributed by atoms with van der Waals surface area (Å²) in [7, 11) is 0. The van der Waals surface area contributed by atoms with Gasteiger partial charge in [0.05, 0.1) is 18.8 Å². The van der Waals surface area contributed by atoms with Gasteiger partial charge in [-0.1, -0.05) is 0 Å². The van der Waals surface area contributed by atoms with Gasteiger partial charge in [0.2, 0.25) is 0 Å². The highest BCUT2D eigenvalue weighted by molar-refractivity contribution is 5.42. The Morgan fingerprint density at radius 2 is 2.10 bits per heavy atom. The molecule has 0 amide bonds. The predicted molar refractivity (Wildman–Crippen MR) is 76.6 cm³/mol. The standard InChI is InChI=1S/C15H20N4O/c16-10-13-3-4-15(17-11-13)19-5-1-2-14(12-19)18-6-8-20-9-7-18/h3-4,11,14H,1-2,5-9,12H2. The van der Waals surface area contributed by atoms with E-state index in [9.17, 15) is 0 Å². The molecule has 3 rings (SSSR count). The molecule has 2 aliphatic rings. The number of nitriles is 1. The van der Waals surface area contributed by atoms with Gasteiger partial charge in [-0.15, -0.1) is 0 Å². The second-order valence-electron chi connectivity index (χ2n) is 5.41. The molecule has 0 saturated carbocycles. The Balaban J connectivity index is 1.66. The van der Waals surface area contributed by atoms with Crippen LogP contribution in [0.5, 0.6) is 0 Å². The van der Waals surface area contributed by atoms with Crippen LogP contribution in [-0.2, 0) is 4.74 Å². The van der Waals surface area contributed by atoms with Crippen LogP contribution < -0.4 is 4.90 Å². The SMILES string of the molecule is N#Cc1ccc(N2CCCC(N3CCOCC3)C2)nc1. The zero-order chi connectivity index (χ0) is 13.8. The maximum Gasteiger partial charge on any atom is 0.128 e. The summed E-state index contributed by atoms with van der Waals surface area (Å²) < 4.78 is 5.43. The number of hydrogen-bond donors (Lipinski definition) is 0. The van der Waals surface area contributed by atoms with E-state index in [0.29, 0.717) is 11.6 Å². The van der Waals surface area contributed by atoms with Crippen LogP contribution in [0.25, 0.3) is 0 Å². The Labute approximate surface area is 119 Å². The summed E-state index contributed by atoms with van der Waals surface area (Å²) in [6, 6.07) is 6.52. The van der Waals surface area contributed by atoms with E-state index in [0.717, 1.165) is 45.2 Å². The van der Waals surface area contributed by atoms with Gasteiger partial charge in [0, 0.05) is 38.4 Å². The van der Waals surface area contributed by atoms with E-state index in [1.165, 1.54) is 12.8 Å². The molecule has 0 radical (unpaired) electrons. The summed E-state index contributed by atoms with van der Waals surface area (Å²) in [4.78, 5) is 9.29. The molecule has 1 aromatic rings. The molecule has 1 aromatic heterocycles. The first kappa shape index (κ1) is 13.3. The molecule has 5 nitrogen and oxygen atoms in total. The van der Waals surface area contributed by atoms with Crippen molar-refractivity contribution < 1.29 is 4.74 Å². The number of ether oxygens (including phenoxy) is 1. The Bertz CT molecular complexity index is 476. The lowest BCUT2D eigenvalue weighted by atomic mass is 10.0. The molecule has 2 aliphatic heterocycles. The van der Waals surface area contributed by atoms with Crippen LogP contribution in [0.2, 0.25) is 0 Å². The molecular weight excluding hydrogens is 252 g/mol. The van der Waals surface area contributed by atoms with E-state index in [-0.39, 0.29) is 0 Å². The van der Waals surface area contributed by atoms with Gasteiger partial charge in [-0.3, -0.25) is 4.90 Å². The number of hydrogen-bond acceptors (Lipinski definition) is 5. The van der Waals surface area contributed by atoms with Crippen molar-refractivity contribution in [2.45, 2.75) is 18.9 Å². The first-order valence-electron chi connectivity index (χ1n) is 7.30. The zero-order valence-electron chi connectivity index (χ0n) is 11.7. The quantitative estimate of drug-likeness (QED) is 0.811. The number of anilines is 1. The lowest BCUT2D eigenvalue weighted by Crippen LogP contribution is -2.51. The largest absolute Gasteiger partial charge is 0.379 e. The molecule has 1 unspecified atom stereocenters. The monoisotopic (exact) mass is 272 g/mol. The average molecular weight is 272 g/mol. The van der Waals surface area contributed by atoms with Crippen LogP contribution >= 0.6 is 0 Å². The summed E-state index contributed by atoms with van der Waals surface area (Å²) in [6.07, 6.45) is 4.12. The lowest BCUT2D eigenvalue weighted by molar-refractivity contribution is 0.0137. The highest BCUT2D eigenvalue weighted by Crippen LogP contribution is 2.21. The van der Waals surface area contributed by atoms with Crippen molar-refractivity contribution in [3.63, 3.8) is 0 Å². The maximum atomic E-state index is 8.83. The highest BCUT2D eigenvalue weighted by atomic mass is 16.5. The van der Waals surface area contributed by atoms with Crippen molar-refractivity contribution in [1.82, 2.24) is 9.88 Å².